The summed E-state index contributed by atoms with van der Waals surface area (Å²) in [6.45, 7) is 0. The minimum absolute atomic E-state index is 0.568. The minimum atomic E-state index is 0.568. The number of furan rings is 1. The zero-order chi connectivity index (χ0) is 38.2. The number of aromatic nitrogens is 5. The van der Waals surface area contributed by atoms with Crippen LogP contribution in [0.3, 0.4) is 0 Å². The average Bonchev–Trinajstić information content (AvgIpc) is 3.84. The highest BCUT2D eigenvalue weighted by Crippen LogP contribution is 2.37. The van der Waals surface area contributed by atoms with Gasteiger partial charge >= 0.3 is 0 Å². The van der Waals surface area contributed by atoms with Crippen molar-refractivity contribution in [2.45, 2.75) is 0 Å². The average molecular weight is 742 g/mol. The Bertz CT molecular complexity index is 3530. The van der Waals surface area contributed by atoms with Crippen molar-refractivity contribution >= 4 is 65.3 Å². The second kappa shape index (κ2) is 12.8. The van der Waals surface area contributed by atoms with Gasteiger partial charge in [-0.1, -0.05) is 121 Å². The SMILES string of the molecule is c1cc(-c2ccc(-n3c4ccccc4c4ccccc43)cc2)cc(-c2nc(-c3ccc4c(c3)oc3cnccc34)nc(-c3cc4ccccc4c4ccccc34)n2)c1. The molecule has 0 aliphatic carbocycles. The van der Waals surface area contributed by atoms with E-state index in [4.69, 9.17) is 19.4 Å². The van der Waals surface area contributed by atoms with Crippen molar-refractivity contribution in [1.29, 1.82) is 0 Å². The molecule has 0 saturated heterocycles. The fourth-order valence-corrected chi connectivity index (χ4v) is 8.61. The second-order valence-corrected chi connectivity index (χ2v) is 14.7. The first-order chi connectivity index (χ1) is 28.7. The van der Waals surface area contributed by atoms with Crippen LogP contribution < -0.4 is 0 Å². The zero-order valence-electron chi connectivity index (χ0n) is 31.0. The molecule has 0 spiro atoms. The Morgan fingerprint density at radius 3 is 1.76 bits per heavy atom. The van der Waals surface area contributed by atoms with Crippen molar-refractivity contribution in [2.75, 3.05) is 0 Å². The van der Waals surface area contributed by atoms with Crippen molar-refractivity contribution in [2.24, 2.45) is 0 Å². The van der Waals surface area contributed by atoms with Crippen LogP contribution in [0.2, 0.25) is 0 Å². The Morgan fingerprint density at radius 2 is 0.983 bits per heavy atom. The van der Waals surface area contributed by atoms with Gasteiger partial charge in [0.25, 0.3) is 0 Å². The molecule has 12 aromatic rings. The van der Waals surface area contributed by atoms with Crippen molar-refractivity contribution in [3.8, 4) is 51.0 Å². The number of para-hydroxylation sites is 2. The molecular weight excluding hydrogens is 711 g/mol. The summed E-state index contributed by atoms with van der Waals surface area (Å²) in [7, 11) is 0. The van der Waals surface area contributed by atoms with E-state index in [2.05, 4.69) is 173 Å². The molecule has 0 radical (unpaired) electrons. The summed E-state index contributed by atoms with van der Waals surface area (Å²) >= 11 is 0. The number of nitrogens with zero attached hydrogens (tertiary/aromatic N) is 5. The Kier molecular flexibility index (Phi) is 7.13. The normalized spacial score (nSPS) is 11.8. The zero-order valence-corrected chi connectivity index (χ0v) is 31.0. The molecular formula is C52H31N5O. The highest BCUT2D eigenvalue weighted by atomic mass is 16.3. The van der Waals surface area contributed by atoms with E-state index < -0.39 is 0 Å². The smallest absolute Gasteiger partial charge is 0.164 e. The number of pyridine rings is 1. The molecule has 0 amide bonds. The third-order valence-corrected chi connectivity index (χ3v) is 11.3. The summed E-state index contributed by atoms with van der Waals surface area (Å²) in [6, 6.07) is 61.8. The number of fused-ring (bicyclic) bond motifs is 9. The van der Waals surface area contributed by atoms with Crippen LogP contribution in [-0.4, -0.2) is 24.5 Å². The van der Waals surface area contributed by atoms with Crippen molar-refractivity contribution in [3.63, 3.8) is 0 Å². The lowest BCUT2D eigenvalue weighted by Crippen LogP contribution is -2.01. The van der Waals surface area contributed by atoms with Crippen LogP contribution >= 0.6 is 0 Å². The van der Waals surface area contributed by atoms with Gasteiger partial charge in [-0.25, -0.2) is 15.0 Å². The monoisotopic (exact) mass is 741 g/mol. The van der Waals surface area contributed by atoms with Crippen LogP contribution in [0.5, 0.6) is 0 Å². The molecule has 8 aromatic carbocycles. The summed E-state index contributed by atoms with van der Waals surface area (Å²) in [6.07, 6.45) is 3.54. The molecule has 6 nitrogen and oxygen atoms in total. The predicted octanol–water partition coefficient (Wildman–Crippen LogP) is 13.2. The maximum Gasteiger partial charge on any atom is 0.164 e. The summed E-state index contributed by atoms with van der Waals surface area (Å²) in [5.74, 6) is 1.77. The lowest BCUT2D eigenvalue weighted by Gasteiger charge is -2.13. The molecule has 0 saturated carbocycles. The van der Waals surface area contributed by atoms with Gasteiger partial charge in [0, 0.05) is 50.1 Å². The van der Waals surface area contributed by atoms with Crippen molar-refractivity contribution in [3.05, 3.63) is 188 Å². The summed E-state index contributed by atoms with van der Waals surface area (Å²) in [4.78, 5) is 19.9. The van der Waals surface area contributed by atoms with E-state index >= 15 is 0 Å². The lowest BCUT2D eigenvalue weighted by molar-refractivity contribution is 0.667. The van der Waals surface area contributed by atoms with Gasteiger partial charge in [0.15, 0.2) is 23.1 Å². The molecule has 4 aromatic heterocycles. The van der Waals surface area contributed by atoms with Crippen molar-refractivity contribution < 1.29 is 4.42 Å². The molecule has 12 rings (SSSR count). The highest BCUT2D eigenvalue weighted by Gasteiger charge is 2.18. The van der Waals surface area contributed by atoms with E-state index in [1.807, 2.05) is 12.1 Å². The van der Waals surface area contributed by atoms with E-state index in [-0.39, 0.29) is 0 Å². The molecule has 6 heteroatoms. The first kappa shape index (κ1) is 32.3. The van der Waals surface area contributed by atoms with Gasteiger partial charge in [-0.2, -0.15) is 0 Å². The molecule has 0 unspecified atom stereocenters. The van der Waals surface area contributed by atoms with E-state index in [0.717, 1.165) is 71.6 Å². The van der Waals surface area contributed by atoms with Gasteiger partial charge in [-0.15, -0.1) is 0 Å². The number of benzene rings is 8. The van der Waals surface area contributed by atoms with Crippen LogP contribution in [-0.2, 0) is 0 Å². The van der Waals surface area contributed by atoms with E-state index in [1.54, 1.807) is 12.4 Å². The molecule has 270 valence electrons. The molecule has 4 heterocycles. The highest BCUT2D eigenvalue weighted by molar-refractivity contribution is 6.13. The van der Waals surface area contributed by atoms with Gasteiger partial charge in [-0.3, -0.25) is 4.98 Å². The first-order valence-corrected chi connectivity index (χ1v) is 19.4. The summed E-state index contributed by atoms with van der Waals surface area (Å²) < 4.78 is 8.60. The summed E-state index contributed by atoms with van der Waals surface area (Å²) in [5.41, 5.74) is 9.86. The largest absolute Gasteiger partial charge is 0.454 e. The fourth-order valence-electron chi connectivity index (χ4n) is 8.61. The fraction of sp³-hybridized carbons (Fsp3) is 0. The van der Waals surface area contributed by atoms with Gasteiger partial charge < -0.3 is 8.98 Å². The van der Waals surface area contributed by atoms with Crippen LogP contribution in [0.15, 0.2) is 193 Å². The maximum absolute atomic E-state index is 6.25. The van der Waals surface area contributed by atoms with Gasteiger partial charge in [0.1, 0.15) is 5.58 Å². The first-order valence-electron chi connectivity index (χ1n) is 19.4. The molecule has 58 heavy (non-hydrogen) atoms. The summed E-state index contributed by atoms with van der Waals surface area (Å²) in [5, 5.41) is 9.10. The molecule has 0 atom stereocenters. The topological polar surface area (TPSA) is 69.6 Å². The van der Waals surface area contributed by atoms with Gasteiger partial charge in [0.05, 0.1) is 17.2 Å². The standard InChI is InChI=1S/C52H31N5O/c1-2-13-38-34(10-1)29-45(40-15-4-3-14-39(38)40)52-55-50(54-51(56-52)36-22-25-43-44-26-27-53-31-49(44)58-48(43)30-36)35-12-9-11-33(28-35)32-20-23-37(24-21-32)57-46-18-7-5-16-41(46)42-17-6-8-19-47(42)57/h1-31H. The van der Waals surface area contributed by atoms with Crippen LogP contribution in [0.25, 0.3) is 116 Å². The Hall–Kier alpha value is -7.96. The third-order valence-electron chi connectivity index (χ3n) is 11.3. The Labute approximate surface area is 332 Å². The van der Waals surface area contributed by atoms with Gasteiger partial charge in [-0.05, 0) is 87.3 Å². The number of hydrogen-bond acceptors (Lipinski definition) is 5. The Morgan fingerprint density at radius 1 is 0.379 bits per heavy atom. The van der Waals surface area contributed by atoms with Gasteiger partial charge in [0.2, 0.25) is 0 Å². The second-order valence-electron chi connectivity index (χ2n) is 14.7. The molecule has 0 aliphatic heterocycles. The van der Waals surface area contributed by atoms with E-state index in [0.29, 0.717) is 17.5 Å². The number of rotatable bonds is 5. The van der Waals surface area contributed by atoms with E-state index in [1.165, 1.54) is 27.2 Å². The Balaban J connectivity index is 1.01. The van der Waals surface area contributed by atoms with Crippen molar-refractivity contribution in [1.82, 2.24) is 24.5 Å². The van der Waals surface area contributed by atoms with E-state index in [9.17, 15) is 0 Å². The van der Waals surface area contributed by atoms with Crippen LogP contribution in [0.1, 0.15) is 0 Å². The minimum Gasteiger partial charge on any atom is -0.454 e. The van der Waals surface area contributed by atoms with Crippen LogP contribution in [0.4, 0.5) is 0 Å². The quantitative estimate of drug-likeness (QED) is 0.164. The maximum atomic E-state index is 6.25. The molecule has 0 N–H and O–H groups in total. The third kappa shape index (κ3) is 5.12. The number of hydrogen-bond donors (Lipinski definition) is 0. The molecule has 0 aliphatic rings. The molecule has 0 bridgehead atoms. The lowest BCUT2D eigenvalue weighted by atomic mass is 9.96. The van der Waals surface area contributed by atoms with Crippen LogP contribution in [0, 0.1) is 0 Å². The molecule has 0 fully saturated rings. The predicted molar refractivity (Wildman–Crippen MR) is 236 cm³/mol.